The number of anilines is 1. The molecule has 0 radical (unpaired) electrons. The number of hydrazone groups is 1. The maximum absolute atomic E-state index is 10.1. The SMILES string of the molecule is Oc1c(Br)cc(Br)cc1/C=N\Nc1ncnc2sc3c(c12)CCCC3. The van der Waals surface area contributed by atoms with Crippen molar-refractivity contribution >= 4 is 65.4 Å². The van der Waals surface area contributed by atoms with E-state index in [9.17, 15) is 5.11 Å². The Balaban J connectivity index is 1.67. The molecule has 0 saturated heterocycles. The monoisotopic (exact) mass is 480 g/mol. The van der Waals surface area contributed by atoms with Crippen molar-refractivity contribution in [2.75, 3.05) is 5.43 Å². The molecule has 0 unspecified atom stereocenters. The predicted octanol–water partition coefficient (Wildman–Crippen LogP) is 5.25. The van der Waals surface area contributed by atoms with E-state index >= 15 is 0 Å². The Morgan fingerprint density at radius 1 is 1.20 bits per heavy atom. The number of fused-ring (bicyclic) bond motifs is 3. The number of thiophene rings is 1. The van der Waals surface area contributed by atoms with Gasteiger partial charge in [-0.2, -0.15) is 5.10 Å². The first kappa shape index (κ1) is 16.9. The first-order valence-electron chi connectivity index (χ1n) is 7.86. The summed E-state index contributed by atoms with van der Waals surface area (Å²) in [6, 6.07) is 3.58. The molecule has 0 aliphatic heterocycles. The number of nitrogens with zero attached hydrogens (tertiary/aromatic N) is 3. The summed E-state index contributed by atoms with van der Waals surface area (Å²) in [4.78, 5) is 11.2. The number of hydrogen-bond donors (Lipinski definition) is 2. The second kappa shape index (κ2) is 7.01. The van der Waals surface area contributed by atoms with E-state index in [0.717, 1.165) is 27.5 Å². The molecule has 4 rings (SSSR count). The third-order valence-corrected chi connectivity index (χ3v) is 6.45. The number of aromatic nitrogens is 2. The van der Waals surface area contributed by atoms with Gasteiger partial charge in [-0.05, 0) is 59.3 Å². The van der Waals surface area contributed by atoms with Gasteiger partial charge >= 0.3 is 0 Å². The van der Waals surface area contributed by atoms with Gasteiger partial charge in [0.1, 0.15) is 16.9 Å². The average molecular weight is 482 g/mol. The molecule has 2 N–H and O–H groups in total. The highest BCUT2D eigenvalue weighted by atomic mass is 79.9. The fourth-order valence-electron chi connectivity index (χ4n) is 3.02. The third kappa shape index (κ3) is 3.30. The van der Waals surface area contributed by atoms with Crippen LogP contribution in [0, 0.1) is 0 Å². The molecule has 1 aliphatic rings. The Morgan fingerprint density at radius 2 is 2.04 bits per heavy atom. The topological polar surface area (TPSA) is 70.4 Å². The summed E-state index contributed by atoms with van der Waals surface area (Å²) < 4.78 is 1.47. The molecule has 0 fully saturated rings. The maximum Gasteiger partial charge on any atom is 0.158 e. The number of hydrogen-bond acceptors (Lipinski definition) is 6. The molecule has 0 bridgehead atoms. The number of phenols is 1. The Morgan fingerprint density at radius 3 is 2.92 bits per heavy atom. The molecule has 1 aromatic carbocycles. The van der Waals surface area contributed by atoms with Crippen LogP contribution >= 0.6 is 43.2 Å². The zero-order valence-electron chi connectivity index (χ0n) is 13.1. The highest BCUT2D eigenvalue weighted by Crippen LogP contribution is 2.38. The lowest BCUT2D eigenvalue weighted by Gasteiger charge is -2.11. The van der Waals surface area contributed by atoms with Crippen LogP contribution in [-0.4, -0.2) is 21.3 Å². The molecule has 0 spiro atoms. The van der Waals surface area contributed by atoms with Crippen LogP contribution in [0.1, 0.15) is 28.8 Å². The summed E-state index contributed by atoms with van der Waals surface area (Å²) in [6.07, 6.45) is 7.79. The second-order valence-corrected chi connectivity index (χ2v) is 8.66. The number of aryl methyl sites for hydroxylation is 2. The molecule has 8 heteroatoms. The standard InChI is InChI=1S/C17H14Br2N4OS/c18-10-5-9(15(24)12(19)6-10)7-22-23-16-14-11-3-1-2-4-13(11)25-17(14)21-8-20-16/h5-8,24H,1-4H2,(H,20,21,23)/b22-7-. The van der Waals surface area contributed by atoms with Crippen LogP contribution in [0.3, 0.4) is 0 Å². The lowest BCUT2D eigenvalue weighted by Crippen LogP contribution is -2.01. The molecule has 3 aromatic rings. The van der Waals surface area contributed by atoms with Crippen molar-refractivity contribution in [1.29, 1.82) is 0 Å². The molecule has 1 aliphatic carbocycles. The van der Waals surface area contributed by atoms with Crippen LogP contribution in [0.5, 0.6) is 5.75 Å². The van der Waals surface area contributed by atoms with E-state index in [2.05, 4.69) is 52.4 Å². The van der Waals surface area contributed by atoms with Gasteiger partial charge in [0.15, 0.2) is 5.82 Å². The van der Waals surface area contributed by atoms with E-state index in [-0.39, 0.29) is 5.75 Å². The number of nitrogens with one attached hydrogen (secondary N) is 1. The molecular weight excluding hydrogens is 468 g/mol. The molecule has 0 atom stereocenters. The third-order valence-electron chi connectivity index (χ3n) is 4.18. The lowest BCUT2D eigenvalue weighted by atomic mass is 9.97. The summed E-state index contributed by atoms with van der Waals surface area (Å²) >= 11 is 8.49. The van der Waals surface area contributed by atoms with Crippen LogP contribution < -0.4 is 5.43 Å². The van der Waals surface area contributed by atoms with Crippen molar-refractivity contribution < 1.29 is 5.11 Å². The van der Waals surface area contributed by atoms with Crippen molar-refractivity contribution in [3.8, 4) is 5.75 Å². The number of halogens is 2. The van der Waals surface area contributed by atoms with Crippen molar-refractivity contribution in [2.45, 2.75) is 25.7 Å². The van der Waals surface area contributed by atoms with Crippen LogP contribution in [0.25, 0.3) is 10.2 Å². The lowest BCUT2D eigenvalue weighted by molar-refractivity contribution is 0.471. The molecule has 25 heavy (non-hydrogen) atoms. The normalized spacial score (nSPS) is 14.2. The minimum Gasteiger partial charge on any atom is -0.506 e. The van der Waals surface area contributed by atoms with E-state index in [0.29, 0.717) is 15.9 Å². The van der Waals surface area contributed by atoms with Crippen molar-refractivity contribution in [2.24, 2.45) is 5.10 Å². The smallest absolute Gasteiger partial charge is 0.158 e. The van der Waals surface area contributed by atoms with Gasteiger partial charge in [-0.3, -0.25) is 5.43 Å². The van der Waals surface area contributed by atoms with Crippen molar-refractivity contribution in [3.63, 3.8) is 0 Å². The van der Waals surface area contributed by atoms with Crippen LogP contribution in [0.4, 0.5) is 5.82 Å². The summed E-state index contributed by atoms with van der Waals surface area (Å²) in [7, 11) is 0. The fourth-order valence-corrected chi connectivity index (χ4v) is 5.51. The zero-order chi connectivity index (χ0) is 17.4. The first-order valence-corrected chi connectivity index (χ1v) is 10.3. The number of rotatable bonds is 3. The average Bonchev–Trinajstić information content (AvgIpc) is 2.98. The van der Waals surface area contributed by atoms with E-state index in [4.69, 9.17) is 0 Å². The van der Waals surface area contributed by atoms with Gasteiger partial charge in [0.05, 0.1) is 16.1 Å². The van der Waals surface area contributed by atoms with Crippen molar-refractivity contribution in [3.05, 3.63) is 43.4 Å². The summed E-state index contributed by atoms with van der Waals surface area (Å²) in [6.45, 7) is 0. The summed E-state index contributed by atoms with van der Waals surface area (Å²) in [5.41, 5.74) is 4.98. The highest BCUT2D eigenvalue weighted by Gasteiger charge is 2.19. The Labute approximate surface area is 165 Å². The largest absolute Gasteiger partial charge is 0.506 e. The Hall–Kier alpha value is -1.51. The van der Waals surface area contributed by atoms with Crippen LogP contribution in [-0.2, 0) is 12.8 Å². The molecule has 5 nitrogen and oxygen atoms in total. The summed E-state index contributed by atoms with van der Waals surface area (Å²) in [5.74, 6) is 0.865. The predicted molar refractivity (Wildman–Crippen MR) is 109 cm³/mol. The maximum atomic E-state index is 10.1. The molecular formula is C17H14Br2N4OS. The van der Waals surface area contributed by atoms with E-state index in [1.54, 1.807) is 36.0 Å². The van der Waals surface area contributed by atoms with Crippen molar-refractivity contribution in [1.82, 2.24) is 9.97 Å². The summed E-state index contributed by atoms with van der Waals surface area (Å²) in [5, 5.41) is 15.5. The molecule has 0 saturated carbocycles. The Bertz CT molecular complexity index is 986. The van der Waals surface area contributed by atoms with Gasteiger partial charge in [-0.25, -0.2) is 9.97 Å². The molecule has 0 amide bonds. The van der Waals surface area contributed by atoms with Gasteiger partial charge in [-0.15, -0.1) is 11.3 Å². The first-order chi connectivity index (χ1) is 12.1. The highest BCUT2D eigenvalue weighted by molar-refractivity contribution is 9.11. The fraction of sp³-hybridized carbons (Fsp3) is 0.235. The van der Waals surface area contributed by atoms with Gasteiger partial charge in [0, 0.05) is 14.9 Å². The van der Waals surface area contributed by atoms with Gasteiger partial charge in [-0.1, -0.05) is 15.9 Å². The second-order valence-electron chi connectivity index (χ2n) is 5.81. The van der Waals surface area contributed by atoms with Gasteiger partial charge in [0.25, 0.3) is 0 Å². The Kier molecular flexibility index (Phi) is 4.75. The quantitative estimate of drug-likeness (QED) is 0.396. The van der Waals surface area contributed by atoms with Gasteiger partial charge < -0.3 is 5.11 Å². The van der Waals surface area contributed by atoms with E-state index < -0.39 is 0 Å². The van der Waals surface area contributed by atoms with E-state index in [1.165, 1.54) is 23.3 Å². The van der Waals surface area contributed by atoms with Crippen LogP contribution in [0.2, 0.25) is 0 Å². The molecule has 128 valence electrons. The van der Waals surface area contributed by atoms with Gasteiger partial charge in [0.2, 0.25) is 0 Å². The molecule has 2 aromatic heterocycles. The van der Waals surface area contributed by atoms with Crippen LogP contribution in [0.15, 0.2) is 32.5 Å². The number of aromatic hydroxyl groups is 1. The number of benzene rings is 1. The minimum absolute atomic E-state index is 0.148. The minimum atomic E-state index is 0.148. The van der Waals surface area contributed by atoms with E-state index in [1.807, 2.05) is 0 Å². The number of phenolic OH excluding ortho intramolecular Hbond substituents is 1. The molecule has 2 heterocycles. The zero-order valence-corrected chi connectivity index (χ0v) is 17.1.